The molecule has 3 rings (SSSR count). The molecule has 8 heteroatoms. The molecular weight excluding hydrogens is 335 g/mol. The SMILES string of the molecule is N#Cc1ccc(-c2c(Cl)cc(Nc3n[nH]c(N)n3)cc2Cl)cc1. The largest absolute Gasteiger partial charge is 0.368 e. The third-order valence-corrected chi connectivity index (χ3v) is 3.70. The highest BCUT2D eigenvalue weighted by Crippen LogP contribution is 2.37. The van der Waals surface area contributed by atoms with E-state index in [1.54, 1.807) is 36.4 Å². The molecule has 0 spiro atoms. The van der Waals surface area contributed by atoms with Crippen molar-refractivity contribution in [3.8, 4) is 17.2 Å². The lowest BCUT2D eigenvalue weighted by molar-refractivity contribution is 1.10. The van der Waals surface area contributed by atoms with Crippen molar-refractivity contribution >= 4 is 40.8 Å². The summed E-state index contributed by atoms with van der Waals surface area (Å²) in [5, 5.41) is 19.2. The van der Waals surface area contributed by atoms with Crippen LogP contribution in [0.5, 0.6) is 0 Å². The molecule has 6 nitrogen and oxygen atoms in total. The zero-order valence-electron chi connectivity index (χ0n) is 11.6. The van der Waals surface area contributed by atoms with Gasteiger partial charge in [0.05, 0.1) is 21.7 Å². The average molecular weight is 345 g/mol. The van der Waals surface area contributed by atoms with Crippen LogP contribution in [0.2, 0.25) is 10.0 Å². The van der Waals surface area contributed by atoms with Gasteiger partial charge in [-0.05, 0) is 29.8 Å². The fraction of sp³-hybridized carbons (Fsp3) is 0. The third kappa shape index (κ3) is 3.21. The van der Waals surface area contributed by atoms with Crippen LogP contribution in [-0.2, 0) is 0 Å². The van der Waals surface area contributed by atoms with Crippen LogP contribution >= 0.6 is 23.2 Å². The van der Waals surface area contributed by atoms with Crippen molar-refractivity contribution in [3.05, 3.63) is 52.0 Å². The Hall–Kier alpha value is -2.75. The Morgan fingerprint density at radius 2 is 1.78 bits per heavy atom. The van der Waals surface area contributed by atoms with E-state index >= 15 is 0 Å². The number of nitrogens with one attached hydrogen (secondary N) is 2. The van der Waals surface area contributed by atoms with Gasteiger partial charge in [-0.15, -0.1) is 5.10 Å². The van der Waals surface area contributed by atoms with Crippen LogP contribution < -0.4 is 11.1 Å². The van der Waals surface area contributed by atoms with Crippen LogP contribution in [-0.4, -0.2) is 15.2 Å². The van der Waals surface area contributed by atoms with Gasteiger partial charge >= 0.3 is 0 Å². The molecule has 3 aromatic rings. The van der Waals surface area contributed by atoms with Crippen LogP contribution in [0, 0.1) is 11.3 Å². The molecule has 0 amide bonds. The zero-order valence-corrected chi connectivity index (χ0v) is 13.2. The second-order valence-electron chi connectivity index (χ2n) is 4.67. The van der Waals surface area contributed by atoms with Crippen molar-refractivity contribution < 1.29 is 0 Å². The molecule has 0 fully saturated rings. The Morgan fingerprint density at radius 3 is 2.30 bits per heavy atom. The second kappa shape index (κ2) is 6.16. The third-order valence-electron chi connectivity index (χ3n) is 3.10. The first-order valence-corrected chi connectivity index (χ1v) is 7.27. The number of halogens is 2. The van der Waals surface area contributed by atoms with Crippen molar-refractivity contribution in [2.45, 2.75) is 0 Å². The Labute approximate surface area is 141 Å². The van der Waals surface area contributed by atoms with Gasteiger partial charge in [0.2, 0.25) is 11.9 Å². The maximum Gasteiger partial charge on any atom is 0.248 e. The summed E-state index contributed by atoms with van der Waals surface area (Å²) in [6, 6.07) is 12.5. The van der Waals surface area contributed by atoms with E-state index in [0.29, 0.717) is 32.8 Å². The number of nitrogens with zero attached hydrogens (tertiary/aromatic N) is 3. The fourth-order valence-corrected chi connectivity index (χ4v) is 2.80. The number of H-pyrrole nitrogens is 1. The number of nitrogens with two attached hydrogens (primary N) is 1. The molecule has 0 saturated carbocycles. The van der Waals surface area contributed by atoms with Crippen LogP contribution in [0.1, 0.15) is 5.56 Å². The number of hydrogen-bond acceptors (Lipinski definition) is 5. The van der Waals surface area contributed by atoms with E-state index in [2.05, 4.69) is 26.6 Å². The molecule has 4 N–H and O–H groups in total. The van der Waals surface area contributed by atoms with E-state index in [1.807, 2.05) is 0 Å². The summed E-state index contributed by atoms with van der Waals surface area (Å²) in [7, 11) is 0. The molecule has 0 radical (unpaired) electrons. The first kappa shape index (κ1) is 15.2. The van der Waals surface area contributed by atoms with Gasteiger partial charge in [-0.1, -0.05) is 35.3 Å². The van der Waals surface area contributed by atoms with Gasteiger partial charge < -0.3 is 11.1 Å². The molecule has 0 unspecified atom stereocenters. The molecule has 1 aromatic heterocycles. The molecule has 0 bridgehead atoms. The number of benzene rings is 2. The highest BCUT2D eigenvalue weighted by atomic mass is 35.5. The van der Waals surface area contributed by atoms with E-state index in [-0.39, 0.29) is 5.95 Å². The minimum absolute atomic E-state index is 0.207. The first-order chi connectivity index (χ1) is 11.1. The molecule has 0 aliphatic carbocycles. The normalized spacial score (nSPS) is 10.3. The van der Waals surface area contributed by atoms with Crippen LogP contribution in [0.4, 0.5) is 17.6 Å². The van der Waals surface area contributed by atoms with Crippen molar-refractivity contribution in [1.29, 1.82) is 5.26 Å². The quantitative estimate of drug-likeness (QED) is 0.666. The maximum absolute atomic E-state index is 8.85. The van der Waals surface area contributed by atoms with Crippen LogP contribution in [0.3, 0.4) is 0 Å². The molecule has 23 heavy (non-hydrogen) atoms. The summed E-state index contributed by atoms with van der Waals surface area (Å²) in [5.74, 6) is 0.527. The molecule has 0 saturated heterocycles. The van der Waals surface area contributed by atoms with Gasteiger partial charge in [0.15, 0.2) is 0 Å². The van der Waals surface area contributed by atoms with Gasteiger partial charge in [-0.3, -0.25) is 0 Å². The van der Waals surface area contributed by atoms with Crippen molar-refractivity contribution in [3.63, 3.8) is 0 Å². The van der Waals surface area contributed by atoms with Crippen molar-refractivity contribution in [2.24, 2.45) is 0 Å². The number of hydrogen-bond donors (Lipinski definition) is 3. The Balaban J connectivity index is 1.95. The Bertz CT molecular complexity index is 872. The van der Waals surface area contributed by atoms with E-state index < -0.39 is 0 Å². The van der Waals surface area contributed by atoms with E-state index in [9.17, 15) is 0 Å². The smallest absolute Gasteiger partial charge is 0.248 e. The topological polar surface area (TPSA) is 103 Å². The molecule has 114 valence electrons. The number of nitriles is 1. The molecule has 2 aromatic carbocycles. The van der Waals surface area contributed by atoms with Gasteiger partial charge in [0, 0.05) is 11.3 Å². The summed E-state index contributed by atoms with van der Waals surface area (Å²) in [5.41, 5.74) is 8.20. The fourth-order valence-electron chi connectivity index (χ4n) is 2.09. The van der Waals surface area contributed by atoms with E-state index in [0.717, 1.165) is 5.56 Å². The maximum atomic E-state index is 8.85. The van der Waals surface area contributed by atoms with Gasteiger partial charge in [0.1, 0.15) is 0 Å². The minimum atomic E-state index is 0.207. The van der Waals surface area contributed by atoms with Crippen molar-refractivity contribution in [2.75, 3.05) is 11.1 Å². The van der Waals surface area contributed by atoms with Crippen LogP contribution in [0.15, 0.2) is 36.4 Å². The summed E-state index contributed by atoms with van der Waals surface area (Å²) in [4.78, 5) is 3.95. The lowest BCUT2D eigenvalue weighted by Crippen LogP contribution is -1.94. The Kier molecular flexibility index (Phi) is 4.06. The lowest BCUT2D eigenvalue weighted by Gasteiger charge is -2.10. The summed E-state index contributed by atoms with van der Waals surface area (Å²) in [6.45, 7) is 0. The van der Waals surface area contributed by atoms with Gasteiger partial charge in [-0.25, -0.2) is 5.10 Å². The van der Waals surface area contributed by atoms with E-state index in [1.165, 1.54) is 0 Å². The highest BCUT2D eigenvalue weighted by molar-refractivity contribution is 6.39. The van der Waals surface area contributed by atoms with Gasteiger partial charge in [-0.2, -0.15) is 10.2 Å². The van der Waals surface area contributed by atoms with Crippen molar-refractivity contribution in [1.82, 2.24) is 15.2 Å². The number of nitrogen functional groups attached to an aromatic ring is 1. The van der Waals surface area contributed by atoms with Gasteiger partial charge in [0.25, 0.3) is 0 Å². The standard InChI is InChI=1S/C15H10Cl2N6/c16-11-5-10(20-15-21-14(19)22-23-15)6-12(17)13(11)9-3-1-8(7-18)2-4-9/h1-6H,(H4,19,20,21,22,23). The zero-order chi connectivity index (χ0) is 16.4. The number of anilines is 3. The minimum Gasteiger partial charge on any atom is -0.368 e. The van der Waals surface area contributed by atoms with Crippen LogP contribution in [0.25, 0.3) is 11.1 Å². The summed E-state index contributed by atoms with van der Waals surface area (Å²) in [6.07, 6.45) is 0. The van der Waals surface area contributed by atoms with E-state index in [4.69, 9.17) is 34.2 Å². The monoisotopic (exact) mass is 344 g/mol. The highest BCUT2D eigenvalue weighted by Gasteiger charge is 2.12. The predicted molar refractivity (Wildman–Crippen MR) is 90.7 cm³/mol. The second-order valence-corrected chi connectivity index (χ2v) is 5.49. The predicted octanol–water partition coefficient (Wildman–Crippen LogP) is 3.98. The molecule has 0 aliphatic heterocycles. The number of aromatic amines is 1. The molecule has 0 atom stereocenters. The molecule has 0 aliphatic rings. The first-order valence-electron chi connectivity index (χ1n) is 6.51. The lowest BCUT2D eigenvalue weighted by atomic mass is 10.0. The molecular formula is C15H10Cl2N6. The number of aromatic nitrogens is 3. The molecule has 1 heterocycles. The Morgan fingerprint density at radius 1 is 1.13 bits per heavy atom. The summed E-state index contributed by atoms with van der Waals surface area (Å²) < 4.78 is 0. The number of rotatable bonds is 3. The average Bonchev–Trinajstić information content (AvgIpc) is 2.92. The summed E-state index contributed by atoms with van der Waals surface area (Å²) >= 11 is 12.7.